The molecule has 2 rings (SSSR count). The summed E-state index contributed by atoms with van der Waals surface area (Å²) in [6.45, 7) is 7.44. The van der Waals surface area contributed by atoms with E-state index < -0.39 is 5.97 Å². The Morgan fingerprint density at radius 1 is 1.40 bits per heavy atom. The lowest BCUT2D eigenvalue weighted by molar-refractivity contribution is -0.140. The molecule has 0 saturated heterocycles. The van der Waals surface area contributed by atoms with Crippen LogP contribution in [0.2, 0.25) is 0 Å². The summed E-state index contributed by atoms with van der Waals surface area (Å²) in [4.78, 5) is 13.0. The first-order valence-corrected chi connectivity index (χ1v) is 7.04. The molecule has 110 valence electrons. The molecular weight excluding hydrogens is 254 g/mol. The van der Waals surface area contributed by atoms with Gasteiger partial charge in [0.05, 0.1) is 19.3 Å². The molecule has 1 unspecified atom stereocenters. The Morgan fingerprint density at radius 2 is 2.10 bits per heavy atom. The van der Waals surface area contributed by atoms with Crippen molar-refractivity contribution >= 4 is 5.97 Å². The molecule has 0 amide bonds. The quantitative estimate of drug-likeness (QED) is 0.918. The Bertz CT molecular complexity index is 479. The molecule has 1 aromatic carbocycles. The molecule has 0 bridgehead atoms. The fourth-order valence-corrected chi connectivity index (χ4v) is 2.57. The first kappa shape index (κ1) is 15.0. The number of rotatable bonds is 4. The second kappa shape index (κ2) is 5.94. The predicted octanol–water partition coefficient (Wildman–Crippen LogP) is 2.49. The van der Waals surface area contributed by atoms with Crippen molar-refractivity contribution in [3.05, 3.63) is 35.4 Å². The summed E-state index contributed by atoms with van der Waals surface area (Å²) < 4.78 is 5.88. The molecular formula is C16H23NO3. The van der Waals surface area contributed by atoms with Crippen LogP contribution in [0.4, 0.5) is 0 Å². The molecule has 1 heterocycles. The summed E-state index contributed by atoms with van der Waals surface area (Å²) in [6.07, 6.45) is 0.889. The summed E-state index contributed by atoms with van der Waals surface area (Å²) in [6, 6.07) is 8.27. The normalized spacial score (nSPS) is 18.9. The molecule has 1 aliphatic rings. The van der Waals surface area contributed by atoms with Crippen molar-refractivity contribution < 1.29 is 14.6 Å². The van der Waals surface area contributed by atoms with Gasteiger partial charge < -0.3 is 9.84 Å². The van der Waals surface area contributed by atoms with Crippen molar-refractivity contribution in [2.45, 2.75) is 38.8 Å². The van der Waals surface area contributed by atoms with Crippen LogP contribution in [0, 0.1) is 0 Å². The third kappa shape index (κ3) is 3.58. The number of fused-ring (bicyclic) bond motifs is 1. The molecule has 0 saturated carbocycles. The lowest BCUT2D eigenvalue weighted by Crippen LogP contribution is -2.47. The van der Waals surface area contributed by atoms with Crippen molar-refractivity contribution in [3.63, 3.8) is 0 Å². The number of carboxylic acid groups (broad SMARTS) is 1. The fraction of sp³-hybridized carbons (Fsp3) is 0.562. The predicted molar refractivity (Wildman–Crippen MR) is 77.8 cm³/mol. The maximum absolute atomic E-state index is 11.1. The van der Waals surface area contributed by atoms with Crippen LogP contribution in [0.1, 0.15) is 38.0 Å². The van der Waals surface area contributed by atoms with Crippen LogP contribution in [0.15, 0.2) is 24.3 Å². The Hall–Kier alpha value is -1.39. The average Bonchev–Trinajstić information content (AvgIpc) is 2.37. The second-order valence-electron chi connectivity index (χ2n) is 6.25. The monoisotopic (exact) mass is 277 g/mol. The Labute approximate surface area is 120 Å². The highest BCUT2D eigenvalue weighted by molar-refractivity contribution is 5.69. The summed E-state index contributed by atoms with van der Waals surface area (Å²) in [7, 11) is 0. The van der Waals surface area contributed by atoms with Gasteiger partial charge in [0.2, 0.25) is 0 Å². The summed E-state index contributed by atoms with van der Waals surface area (Å²) in [5.74, 6) is -0.802. The number of carboxylic acids is 1. The maximum atomic E-state index is 11.1. The molecule has 0 spiro atoms. The van der Waals surface area contributed by atoms with E-state index in [1.807, 2.05) is 37.8 Å². The van der Waals surface area contributed by atoms with Gasteiger partial charge in [0, 0.05) is 12.1 Å². The number of carbonyl (C=O) groups is 1. The molecule has 20 heavy (non-hydrogen) atoms. The number of nitrogens with zero attached hydrogens (tertiary/aromatic N) is 1. The van der Waals surface area contributed by atoms with Gasteiger partial charge in [-0.2, -0.15) is 0 Å². The second-order valence-corrected chi connectivity index (χ2v) is 6.25. The van der Waals surface area contributed by atoms with E-state index >= 15 is 0 Å². The lowest BCUT2D eigenvalue weighted by Gasteiger charge is -2.38. The van der Waals surface area contributed by atoms with E-state index in [0.717, 1.165) is 6.42 Å². The average molecular weight is 277 g/mol. The first-order valence-electron chi connectivity index (χ1n) is 7.04. The Kier molecular flexibility index (Phi) is 4.45. The zero-order valence-electron chi connectivity index (χ0n) is 12.4. The number of hydrogen-bond donors (Lipinski definition) is 1. The van der Waals surface area contributed by atoms with E-state index in [-0.39, 0.29) is 18.2 Å². The van der Waals surface area contributed by atoms with Crippen molar-refractivity contribution in [1.29, 1.82) is 0 Å². The van der Waals surface area contributed by atoms with Crippen LogP contribution in [0.5, 0.6) is 0 Å². The van der Waals surface area contributed by atoms with Gasteiger partial charge in [0.15, 0.2) is 0 Å². The van der Waals surface area contributed by atoms with Crippen LogP contribution in [-0.4, -0.2) is 41.2 Å². The topological polar surface area (TPSA) is 49.8 Å². The zero-order chi connectivity index (χ0) is 14.8. The Morgan fingerprint density at radius 3 is 2.75 bits per heavy atom. The van der Waals surface area contributed by atoms with Gasteiger partial charge in [-0.3, -0.25) is 9.69 Å². The van der Waals surface area contributed by atoms with Crippen LogP contribution in [0.3, 0.4) is 0 Å². The van der Waals surface area contributed by atoms with Crippen LogP contribution >= 0.6 is 0 Å². The van der Waals surface area contributed by atoms with Gasteiger partial charge >= 0.3 is 5.97 Å². The SMILES string of the molecule is CC(C)(C)N(CC(=O)O)CC1OCCc2ccccc21. The first-order chi connectivity index (χ1) is 9.38. The van der Waals surface area contributed by atoms with Crippen molar-refractivity contribution in [1.82, 2.24) is 4.90 Å². The molecule has 0 radical (unpaired) electrons. The van der Waals surface area contributed by atoms with E-state index in [1.54, 1.807) is 0 Å². The van der Waals surface area contributed by atoms with Gasteiger partial charge in [-0.1, -0.05) is 24.3 Å². The fourth-order valence-electron chi connectivity index (χ4n) is 2.57. The summed E-state index contributed by atoms with van der Waals surface area (Å²) >= 11 is 0. The van der Waals surface area contributed by atoms with Gasteiger partial charge in [0.25, 0.3) is 0 Å². The zero-order valence-corrected chi connectivity index (χ0v) is 12.4. The minimum atomic E-state index is -0.802. The van der Waals surface area contributed by atoms with E-state index in [0.29, 0.717) is 13.2 Å². The summed E-state index contributed by atoms with van der Waals surface area (Å²) in [5, 5.41) is 9.09. The molecule has 1 atom stereocenters. The summed E-state index contributed by atoms with van der Waals surface area (Å²) in [5.41, 5.74) is 2.31. The van der Waals surface area contributed by atoms with E-state index in [2.05, 4.69) is 12.1 Å². The smallest absolute Gasteiger partial charge is 0.317 e. The van der Waals surface area contributed by atoms with E-state index in [9.17, 15) is 4.79 Å². The highest BCUT2D eigenvalue weighted by Crippen LogP contribution is 2.29. The molecule has 1 N–H and O–H groups in total. The standard InChI is InChI=1S/C16H23NO3/c1-16(2,3)17(11-15(18)19)10-14-13-7-5-4-6-12(13)8-9-20-14/h4-7,14H,8-11H2,1-3H3,(H,18,19). The molecule has 0 aliphatic carbocycles. The van der Waals surface area contributed by atoms with Crippen LogP contribution in [0.25, 0.3) is 0 Å². The number of benzene rings is 1. The third-order valence-corrected chi connectivity index (χ3v) is 3.75. The van der Waals surface area contributed by atoms with Gasteiger partial charge in [0.1, 0.15) is 0 Å². The number of hydrogen-bond acceptors (Lipinski definition) is 3. The lowest BCUT2D eigenvalue weighted by atomic mass is 9.96. The molecule has 4 nitrogen and oxygen atoms in total. The minimum Gasteiger partial charge on any atom is -0.480 e. The minimum absolute atomic E-state index is 0.0333. The van der Waals surface area contributed by atoms with Crippen molar-refractivity contribution in [2.75, 3.05) is 19.7 Å². The van der Waals surface area contributed by atoms with Crippen LogP contribution in [-0.2, 0) is 16.0 Å². The maximum Gasteiger partial charge on any atom is 0.317 e. The highest BCUT2D eigenvalue weighted by atomic mass is 16.5. The highest BCUT2D eigenvalue weighted by Gasteiger charge is 2.29. The van der Waals surface area contributed by atoms with Crippen molar-refractivity contribution in [2.24, 2.45) is 0 Å². The molecule has 0 fully saturated rings. The van der Waals surface area contributed by atoms with Gasteiger partial charge in [-0.15, -0.1) is 0 Å². The van der Waals surface area contributed by atoms with Gasteiger partial charge in [-0.05, 0) is 38.3 Å². The molecule has 1 aliphatic heterocycles. The molecule has 0 aromatic heterocycles. The van der Waals surface area contributed by atoms with Gasteiger partial charge in [-0.25, -0.2) is 0 Å². The van der Waals surface area contributed by atoms with Crippen LogP contribution < -0.4 is 0 Å². The van der Waals surface area contributed by atoms with Crippen molar-refractivity contribution in [3.8, 4) is 0 Å². The number of ether oxygens (including phenoxy) is 1. The van der Waals surface area contributed by atoms with E-state index in [4.69, 9.17) is 9.84 Å². The largest absolute Gasteiger partial charge is 0.480 e. The third-order valence-electron chi connectivity index (χ3n) is 3.75. The molecule has 4 heteroatoms. The number of aliphatic carboxylic acids is 1. The van der Waals surface area contributed by atoms with E-state index in [1.165, 1.54) is 11.1 Å². The Balaban J connectivity index is 2.17. The molecule has 1 aromatic rings.